The number of hydrogen-bond acceptors (Lipinski definition) is 5. The molecule has 7 nitrogen and oxygen atoms in total. The van der Waals surface area contributed by atoms with Crippen LogP contribution >= 0.6 is 0 Å². The van der Waals surface area contributed by atoms with Crippen LogP contribution in [0, 0.1) is 10.1 Å². The van der Waals surface area contributed by atoms with Gasteiger partial charge in [0.15, 0.2) is 5.54 Å². The molecule has 1 aliphatic carbocycles. The highest BCUT2D eigenvalue weighted by Crippen LogP contribution is 2.31. The molecule has 0 amide bonds. The van der Waals surface area contributed by atoms with Crippen molar-refractivity contribution in [3.8, 4) is 0 Å². The fraction of sp³-hybridized carbons (Fsp3) is 0.238. The van der Waals surface area contributed by atoms with Gasteiger partial charge in [0, 0.05) is 0 Å². The summed E-state index contributed by atoms with van der Waals surface area (Å²) in [5, 5.41) is 11.0. The van der Waals surface area contributed by atoms with Gasteiger partial charge in [0.25, 0.3) is 0 Å². The minimum atomic E-state index is -1.27. The fourth-order valence-corrected chi connectivity index (χ4v) is 3.05. The molecule has 144 valence electrons. The normalized spacial score (nSPS) is 15.4. The Balaban J connectivity index is 2.03. The van der Waals surface area contributed by atoms with Crippen LogP contribution in [0.5, 0.6) is 0 Å². The molecule has 1 aromatic heterocycles. The monoisotopic (exact) mass is 379 g/mol. The Kier molecular flexibility index (Phi) is 5.54. The number of benzene rings is 1. The third-order valence-corrected chi connectivity index (χ3v) is 4.71. The molecular formula is C21H21N3O4. The van der Waals surface area contributed by atoms with Crippen molar-refractivity contribution < 1.29 is 14.5 Å². The van der Waals surface area contributed by atoms with Crippen LogP contribution in [0.2, 0.25) is 0 Å². The van der Waals surface area contributed by atoms with Crippen LogP contribution in [0.3, 0.4) is 0 Å². The first-order valence-electron chi connectivity index (χ1n) is 8.97. The zero-order chi connectivity index (χ0) is 20.1. The zero-order valence-electron chi connectivity index (χ0n) is 15.7. The van der Waals surface area contributed by atoms with Crippen LogP contribution in [0.15, 0.2) is 67.2 Å². The van der Waals surface area contributed by atoms with Gasteiger partial charge in [-0.25, -0.2) is 4.79 Å². The number of nitrogens with zero attached hydrogens (tertiary/aromatic N) is 3. The van der Waals surface area contributed by atoms with Crippen LogP contribution in [0.4, 0.5) is 5.82 Å². The Hall–Kier alpha value is -3.48. The average Bonchev–Trinajstić information content (AvgIpc) is 3.05. The molecule has 1 atom stereocenters. The van der Waals surface area contributed by atoms with Crippen molar-refractivity contribution in [3.63, 3.8) is 0 Å². The maximum atomic E-state index is 12.8. The first-order chi connectivity index (χ1) is 13.5. The maximum Gasteiger partial charge on any atom is 0.381 e. The van der Waals surface area contributed by atoms with E-state index in [2.05, 4.69) is 23.2 Å². The van der Waals surface area contributed by atoms with E-state index >= 15 is 0 Å². The van der Waals surface area contributed by atoms with E-state index in [1.807, 2.05) is 36.4 Å². The van der Waals surface area contributed by atoms with Crippen molar-refractivity contribution in [2.45, 2.75) is 25.8 Å². The Morgan fingerprint density at radius 2 is 2.07 bits per heavy atom. The van der Waals surface area contributed by atoms with Gasteiger partial charge in [-0.05, 0) is 46.9 Å². The standard InChI is InChI=1S/C21H21N3O4/c1-3-28-20(25)21(2,23-14-19(22-15-23)24(26)27)18-12-10-17(11-13-18)16-8-6-4-5-7-9-16/h4,6-15H,3,5H2,1-2H3. The highest BCUT2D eigenvalue weighted by atomic mass is 16.6. The number of aromatic nitrogens is 2. The first-order valence-corrected chi connectivity index (χ1v) is 8.97. The van der Waals surface area contributed by atoms with Crippen LogP contribution in [-0.4, -0.2) is 27.1 Å². The van der Waals surface area contributed by atoms with E-state index in [0.717, 1.165) is 17.6 Å². The van der Waals surface area contributed by atoms with Gasteiger partial charge in [-0.15, -0.1) is 0 Å². The summed E-state index contributed by atoms with van der Waals surface area (Å²) in [6.07, 6.45) is 13.7. The van der Waals surface area contributed by atoms with Crippen LogP contribution in [0.1, 0.15) is 31.4 Å². The van der Waals surface area contributed by atoms with E-state index in [4.69, 9.17) is 4.74 Å². The molecule has 0 saturated heterocycles. The van der Waals surface area contributed by atoms with Gasteiger partial charge < -0.3 is 14.9 Å². The molecule has 0 fully saturated rings. The largest absolute Gasteiger partial charge is 0.464 e. The second-order valence-corrected chi connectivity index (χ2v) is 6.45. The predicted octanol–water partition coefficient (Wildman–Crippen LogP) is 4.02. The third-order valence-electron chi connectivity index (χ3n) is 4.71. The number of imidazole rings is 1. The molecule has 0 radical (unpaired) electrons. The summed E-state index contributed by atoms with van der Waals surface area (Å²) >= 11 is 0. The van der Waals surface area contributed by atoms with Gasteiger partial charge >= 0.3 is 11.8 Å². The zero-order valence-corrected chi connectivity index (χ0v) is 15.7. The number of rotatable bonds is 6. The number of esters is 1. The molecular weight excluding hydrogens is 358 g/mol. The van der Waals surface area contributed by atoms with Gasteiger partial charge in [0.05, 0.1) is 6.61 Å². The Morgan fingerprint density at radius 3 is 2.71 bits per heavy atom. The number of hydrogen-bond donors (Lipinski definition) is 0. The SMILES string of the molecule is CCOC(=O)C(C)(c1ccc(C2=CC=CCC=C2)cc1)n1cnc([N+](=O)[O-])c1. The van der Waals surface area contributed by atoms with Crippen LogP contribution < -0.4 is 0 Å². The second kappa shape index (κ2) is 8.04. The topological polar surface area (TPSA) is 87.3 Å². The number of allylic oxidation sites excluding steroid dienone is 6. The number of ether oxygens (including phenoxy) is 1. The van der Waals surface area contributed by atoms with Crippen molar-refractivity contribution in [1.29, 1.82) is 0 Å². The lowest BCUT2D eigenvalue weighted by Gasteiger charge is -2.28. The summed E-state index contributed by atoms with van der Waals surface area (Å²) in [7, 11) is 0. The van der Waals surface area contributed by atoms with E-state index in [-0.39, 0.29) is 12.4 Å². The molecule has 1 unspecified atom stereocenters. The molecule has 1 aliphatic rings. The van der Waals surface area contributed by atoms with Crippen molar-refractivity contribution in [2.75, 3.05) is 6.61 Å². The van der Waals surface area contributed by atoms with Gasteiger partial charge in [-0.3, -0.25) is 4.57 Å². The molecule has 0 saturated carbocycles. The lowest BCUT2D eigenvalue weighted by molar-refractivity contribution is -0.389. The third kappa shape index (κ3) is 3.64. The molecule has 1 heterocycles. The highest BCUT2D eigenvalue weighted by molar-refractivity contribution is 5.83. The van der Waals surface area contributed by atoms with Crippen LogP contribution in [0.25, 0.3) is 5.57 Å². The molecule has 0 N–H and O–H groups in total. The van der Waals surface area contributed by atoms with Gasteiger partial charge in [0.1, 0.15) is 6.20 Å². The van der Waals surface area contributed by atoms with Crippen molar-refractivity contribution >= 4 is 17.4 Å². The highest BCUT2D eigenvalue weighted by Gasteiger charge is 2.40. The molecule has 1 aromatic carbocycles. The molecule has 2 aromatic rings. The molecule has 0 bridgehead atoms. The minimum Gasteiger partial charge on any atom is -0.464 e. The van der Waals surface area contributed by atoms with Crippen LogP contribution in [-0.2, 0) is 15.1 Å². The van der Waals surface area contributed by atoms with E-state index in [0.29, 0.717) is 5.56 Å². The fourth-order valence-electron chi connectivity index (χ4n) is 3.05. The summed E-state index contributed by atoms with van der Waals surface area (Å²) in [5.41, 5.74) is 1.45. The molecule has 0 spiro atoms. The van der Waals surface area contributed by atoms with E-state index < -0.39 is 16.4 Å². The first kappa shape index (κ1) is 19.3. The summed E-state index contributed by atoms with van der Waals surface area (Å²) in [4.78, 5) is 27.0. The average molecular weight is 379 g/mol. The van der Waals surface area contributed by atoms with E-state index in [9.17, 15) is 14.9 Å². The van der Waals surface area contributed by atoms with Crippen molar-refractivity contribution in [1.82, 2.24) is 9.55 Å². The van der Waals surface area contributed by atoms with E-state index in [1.54, 1.807) is 13.8 Å². The lowest BCUT2D eigenvalue weighted by Crippen LogP contribution is -2.41. The summed E-state index contributed by atoms with van der Waals surface area (Å²) in [5.74, 6) is -0.834. The quantitative estimate of drug-likeness (QED) is 0.430. The summed E-state index contributed by atoms with van der Waals surface area (Å²) < 4.78 is 6.68. The predicted molar refractivity (Wildman–Crippen MR) is 106 cm³/mol. The lowest BCUT2D eigenvalue weighted by atomic mass is 9.90. The van der Waals surface area contributed by atoms with Gasteiger partial charge in [-0.2, -0.15) is 0 Å². The van der Waals surface area contributed by atoms with Gasteiger partial charge in [-0.1, -0.05) is 54.6 Å². The maximum absolute atomic E-state index is 12.8. The number of carbonyl (C=O) groups is 1. The second-order valence-electron chi connectivity index (χ2n) is 6.45. The summed E-state index contributed by atoms with van der Waals surface area (Å²) in [6, 6.07) is 7.52. The number of carbonyl (C=O) groups excluding carboxylic acids is 1. The Labute approximate surface area is 162 Å². The van der Waals surface area contributed by atoms with Crippen molar-refractivity contribution in [2.24, 2.45) is 0 Å². The van der Waals surface area contributed by atoms with Gasteiger partial charge in [0.2, 0.25) is 6.33 Å². The molecule has 0 aliphatic heterocycles. The number of nitro groups is 1. The molecule has 28 heavy (non-hydrogen) atoms. The smallest absolute Gasteiger partial charge is 0.381 e. The minimum absolute atomic E-state index is 0.202. The Bertz CT molecular complexity index is 970. The van der Waals surface area contributed by atoms with E-state index in [1.165, 1.54) is 17.1 Å². The van der Waals surface area contributed by atoms with Crippen molar-refractivity contribution in [3.05, 3.63) is 88.4 Å². The molecule has 3 rings (SSSR count). The summed E-state index contributed by atoms with van der Waals surface area (Å²) in [6.45, 7) is 3.59. The Morgan fingerprint density at radius 1 is 1.32 bits per heavy atom. The molecule has 7 heteroatoms.